The molecule has 0 fully saturated rings. The summed E-state index contributed by atoms with van der Waals surface area (Å²) < 4.78 is 1.00. The quantitative estimate of drug-likeness (QED) is 0.800. The van der Waals surface area contributed by atoms with E-state index in [4.69, 9.17) is 17.3 Å². The highest BCUT2D eigenvalue weighted by atomic mass is 79.9. The Bertz CT molecular complexity index is 614. The third-order valence-corrected chi connectivity index (χ3v) is 4.46. The number of halogens is 2. The minimum atomic E-state index is -0.0971. The molecule has 0 saturated heterocycles. The molecule has 0 amide bonds. The minimum absolute atomic E-state index is 0.0971. The molecule has 1 nitrogen and oxygen atoms in total. The third-order valence-electron chi connectivity index (χ3n) is 3.62. The number of benzene rings is 2. The maximum Gasteiger partial charge on any atom is 0.0454 e. The zero-order valence-corrected chi connectivity index (χ0v) is 14.3. The molecule has 0 radical (unpaired) electrons. The van der Waals surface area contributed by atoms with Crippen molar-refractivity contribution in [3.05, 3.63) is 67.6 Å². The van der Waals surface area contributed by atoms with Gasteiger partial charge in [-0.3, -0.25) is 0 Å². The highest BCUT2D eigenvalue weighted by molar-refractivity contribution is 9.10. The van der Waals surface area contributed by atoms with Gasteiger partial charge >= 0.3 is 0 Å². The molecule has 2 aromatic carbocycles. The fraction of sp³-hybridized carbons (Fsp3) is 0.294. The predicted octanol–water partition coefficient (Wildman–Crippen LogP) is 5.27. The van der Waals surface area contributed by atoms with Gasteiger partial charge in [0.2, 0.25) is 0 Å². The largest absolute Gasteiger partial charge is 0.324 e. The van der Waals surface area contributed by atoms with Crippen molar-refractivity contribution in [2.24, 2.45) is 5.73 Å². The first-order valence-corrected chi connectivity index (χ1v) is 7.83. The van der Waals surface area contributed by atoms with Gasteiger partial charge in [-0.05, 0) is 67.6 Å². The zero-order chi connectivity index (χ0) is 14.9. The lowest BCUT2D eigenvalue weighted by Gasteiger charge is -2.18. The normalized spacial score (nSPS) is 12.5. The molecule has 0 aliphatic rings. The van der Waals surface area contributed by atoms with E-state index in [2.05, 4.69) is 48.8 Å². The molecule has 0 aromatic heterocycles. The van der Waals surface area contributed by atoms with E-state index in [1.807, 2.05) is 18.2 Å². The van der Waals surface area contributed by atoms with E-state index >= 15 is 0 Å². The average Bonchev–Trinajstić information content (AvgIpc) is 2.36. The standard InChI is InChI=1S/C17H19BrClN/c1-10-6-11(2)14(12(3)7-10)9-17(20)15-8-13(18)4-5-16(15)19/h4-8,17H,9,20H2,1-3H3. The number of hydrogen-bond acceptors (Lipinski definition) is 1. The van der Waals surface area contributed by atoms with E-state index in [0.717, 1.165) is 21.5 Å². The Labute approximate surface area is 134 Å². The first-order valence-electron chi connectivity index (χ1n) is 6.65. The van der Waals surface area contributed by atoms with Crippen molar-refractivity contribution in [1.82, 2.24) is 0 Å². The van der Waals surface area contributed by atoms with Gasteiger partial charge in [0.05, 0.1) is 0 Å². The van der Waals surface area contributed by atoms with Crippen molar-refractivity contribution in [2.45, 2.75) is 33.2 Å². The summed E-state index contributed by atoms with van der Waals surface area (Å²) >= 11 is 9.74. The van der Waals surface area contributed by atoms with Crippen molar-refractivity contribution >= 4 is 27.5 Å². The van der Waals surface area contributed by atoms with Crippen LogP contribution in [-0.2, 0) is 6.42 Å². The van der Waals surface area contributed by atoms with Crippen LogP contribution in [0.4, 0.5) is 0 Å². The van der Waals surface area contributed by atoms with Gasteiger partial charge in [-0.25, -0.2) is 0 Å². The van der Waals surface area contributed by atoms with Gasteiger partial charge in [-0.15, -0.1) is 0 Å². The first kappa shape index (κ1) is 15.6. The maximum absolute atomic E-state index is 6.37. The van der Waals surface area contributed by atoms with Crippen LogP contribution < -0.4 is 5.73 Å². The van der Waals surface area contributed by atoms with Crippen molar-refractivity contribution in [3.63, 3.8) is 0 Å². The molecule has 0 heterocycles. The molecule has 0 spiro atoms. The Morgan fingerprint density at radius 1 is 1.10 bits per heavy atom. The van der Waals surface area contributed by atoms with Crippen molar-refractivity contribution < 1.29 is 0 Å². The number of hydrogen-bond donors (Lipinski definition) is 1. The number of nitrogens with two attached hydrogens (primary N) is 1. The molecule has 2 rings (SSSR count). The van der Waals surface area contributed by atoms with Gasteiger partial charge in [0, 0.05) is 15.5 Å². The number of rotatable bonds is 3. The van der Waals surface area contributed by atoms with Crippen LogP contribution in [0.3, 0.4) is 0 Å². The molecule has 1 atom stereocenters. The lowest BCUT2D eigenvalue weighted by Crippen LogP contribution is -2.15. The van der Waals surface area contributed by atoms with Crippen LogP contribution >= 0.6 is 27.5 Å². The smallest absolute Gasteiger partial charge is 0.0454 e. The fourth-order valence-electron chi connectivity index (χ4n) is 2.66. The van der Waals surface area contributed by atoms with Gasteiger partial charge in [0.25, 0.3) is 0 Å². The highest BCUT2D eigenvalue weighted by Gasteiger charge is 2.14. The summed E-state index contributed by atoms with van der Waals surface area (Å²) in [6.45, 7) is 6.41. The molecule has 2 aromatic rings. The molecular weight excluding hydrogens is 334 g/mol. The highest BCUT2D eigenvalue weighted by Crippen LogP contribution is 2.29. The molecule has 0 bridgehead atoms. The minimum Gasteiger partial charge on any atom is -0.324 e. The molecule has 0 aliphatic heterocycles. The molecule has 0 aliphatic carbocycles. The monoisotopic (exact) mass is 351 g/mol. The van der Waals surface area contributed by atoms with E-state index in [9.17, 15) is 0 Å². The summed E-state index contributed by atoms with van der Waals surface area (Å²) in [5.74, 6) is 0. The molecule has 20 heavy (non-hydrogen) atoms. The second-order valence-electron chi connectivity index (χ2n) is 5.35. The van der Waals surface area contributed by atoms with Gasteiger partial charge in [0.15, 0.2) is 0 Å². The summed E-state index contributed by atoms with van der Waals surface area (Å²) in [7, 11) is 0. The van der Waals surface area contributed by atoms with Crippen molar-refractivity contribution in [1.29, 1.82) is 0 Å². The topological polar surface area (TPSA) is 26.0 Å². The van der Waals surface area contributed by atoms with Crippen LogP contribution in [0.15, 0.2) is 34.8 Å². The van der Waals surface area contributed by atoms with Gasteiger partial charge < -0.3 is 5.73 Å². The summed E-state index contributed by atoms with van der Waals surface area (Å²) in [6, 6.07) is 10.1. The van der Waals surface area contributed by atoms with Crippen LogP contribution in [0.1, 0.15) is 33.9 Å². The van der Waals surface area contributed by atoms with Gasteiger partial charge in [-0.1, -0.05) is 45.2 Å². The molecule has 0 saturated carbocycles. The van der Waals surface area contributed by atoms with Crippen molar-refractivity contribution in [2.75, 3.05) is 0 Å². The zero-order valence-electron chi connectivity index (χ0n) is 12.0. The van der Waals surface area contributed by atoms with E-state index in [-0.39, 0.29) is 6.04 Å². The summed E-state index contributed by atoms with van der Waals surface area (Å²) in [5.41, 5.74) is 12.6. The number of aryl methyl sites for hydroxylation is 3. The molecule has 2 N–H and O–H groups in total. The Morgan fingerprint density at radius 3 is 2.30 bits per heavy atom. The Morgan fingerprint density at radius 2 is 1.70 bits per heavy atom. The van der Waals surface area contributed by atoms with E-state index in [1.54, 1.807) is 0 Å². The summed E-state index contributed by atoms with van der Waals surface area (Å²) in [6.07, 6.45) is 0.800. The third kappa shape index (κ3) is 3.43. The van der Waals surface area contributed by atoms with Crippen molar-refractivity contribution in [3.8, 4) is 0 Å². The lowest BCUT2D eigenvalue weighted by molar-refractivity contribution is 0.715. The second kappa shape index (κ2) is 6.30. The van der Waals surface area contributed by atoms with Crippen LogP contribution in [0, 0.1) is 20.8 Å². The Kier molecular flexibility index (Phi) is 4.90. The predicted molar refractivity (Wildman–Crippen MR) is 90.4 cm³/mol. The Balaban J connectivity index is 2.32. The van der Waals surface area contributed by atoms with E-state index in [0.29, 0.717) is 0 Å². The van der Waals surface area contributed by atoms with Gasteiger partial charge in [0.1, 0.15) is 0 Å². The molecule has 3 heteroatoms. The lowest BCUT2D eigenvalue weighted by atomic mass is 9.92. The van der Waals surface area contributed by atoms with E-state index in [1.165, 1.54) is 22.3 Å². The van der Waals surface area contributed by atoms with Crippen LogP contribution in [-0.4, -0.2) is 0 Å². The first-order chi connectivity index (χ1) is 9.38. The van der Waals surface area contributed by atoms with Crippen LogP contribution in [0.25, 0.3) is 0 Å². The van der Waals surface area contributed by atoms with Gasteiger partial charge in [-0.2, -0.15) is 0 Å². The SMILES string of the molecule is Cc1cc(C)c(CC(N)c2cc(Br)ccc2Cl)c(C)c1. The summed E-state index contributed by atoms with van der Waals surface area (Å²) in [5, 5.41) is 0.725. The molecule has 106 valence electrons. The second-order valence-corrected chi connectivity index (χ2v) is 6.68. The van der Waals surface area contributed by atoms with Crippen LogP contribution in [0.5, 0.6) is 0 Å². The van der Waals surface area contributed by atoms with Crippen LogP contribution in [0.2, 0.25) is 5.02 Å². The summed E-state index contributed by atoms with van der Waals surface area (Å²) in [4.78, 5) is 0. The molecule has 1 unspecified atom stereocenters. The average molecular weight is 353 g/mol. The fourth-order valence-corrected chi connectivity index (χ4v) is 3.30. The Hall–Kier alpha value is -0.830. The molecular formula is C17H19BrClN. The van der Waals surface area contributed by atoms with E-state index < -0.39 is 0 Å². The maximum atomic E-state index is 6.37.